The van der Waals surface area contributed by atoms with E-state index in [9.17, 15) is 5.11 Å². The number of hydrogen-bond donors (Lipinski definition) is 3. The van der Waals surface area contributed by atoms with Crippen LogP contribution in [0.5, 0.6) is 5.75 Å². The highest BCUT2D eigenvalue weighted by Crippen LogP contribution is 2.10. The molecule has 1 rings (SSSR count). The van der Waals surface area contributed by atoms with Crippen LogP contribution in [0, 0.1) is 5.92 Å². The molecule has 0 unspecified atom stereocenters. The average molecular weight is 249 g/mol. The lowest BCUT2D eigenvalue weighted by atomic mass is 10.2. The van der Waals surface area contributed by atoms with Gasteiger partial charge in [-0.15, -0.1) is 0 Å². The molecule has 0 bridgehead atoms. The standard InChI is InChI=1S/C14H23N3O/c1-4-15-14(16-9-11(2)3)17-10-12-5-7-13(18)8-6-12/h5-8,11,18H,4,9-10H2,1-3H3,(H2,15,16,17). The highest BCUT2D eigenvalue weighted by atomic mass is 16.3. The number of phenolic OH excluding ortho intramolecular Hbond substituents is 1. The van der Waals surface area contributed by atoms with Crippen LogP contribution >= 0.6 is 0 Å². The number of hydrogen-bond acceptors (Lipinski definition) is 2. The van der Waals surface area contributed by atoms with Crippen molar-refractivity contribution in [2.75, 3.05) is 13.1 Å². The van der Waals surface area contributed by atoms with Crippen molar-refractivity contribution in [1.29, 1.82) is 0 Å². The SMILES string of the molecule is CCNC(=NCc1ccc(O)cc1)NCC(C)C. The third kappa shape index (κ3) is 5.57. The summed E-state index contributed by atoms with van der Waals surface area (Å²) in [4.78, 5) is 4.50. The van der Waals surface area contributed by atoms with Crippen molar-refractivity contribution in [2.24, 2.45) is 10.9 Å². The number of rotatable bonds is 5. The summed E-state index contributed by atoms with van der Waals surface area (Å²) in [6, 6.07) is 7.12. The summed E-state index contributed by atoms with van der Waals surface area (Å²) in [5, 5.41) is 15.7. The summed E-state index contributed by atoms with van der Waals surface area (Å²) in [6.45, 7) is 8.73. The number of aromatic hydroxyl groups is 1. The molecule has 0 saturated carbocycles. The summed E-state index contributed by atoms with van der Waals surface area (Å²) in [7, 11) is 0. The van der Waals surface area contributed by atoms with Crippen molar-refractivity contribution >= 4 is 5.96 Å². The number of guanidine groups is 1. The Morgan fingerprint density at radius 3 is 2.44 bits per heavy atom. The van der Waals surface area contributed by atoms with Gasteiger partial charge in [-0.25, -0.2) is 4.99 Å². The van der Waals surface area contributed by atoms with Crippen LogP contribution in [0.25, 0.3) is 0 Å². The van der Waals surface area contributed by atoms with E-state index in [2.05, 4.69) is 29.5 Å². The monoisotopic (exact) mass is 249 g/mol. The van der Waals surface area contributed by atoms with Crippen LogP contribution in [-0.4, -0.2) is 24.2 Å². The lowest BCUT2D eigenvalue weighted by molar-refractivity contribution is 0.475. The van der Waals surface area contributed by atoms with Gasteiger partial charge >= 0.3 is 0 Å². The molecule has 0 heterocycles. The van der Waals surface area contributed by atoms with Gasteiger partial charge in [-0.05, 0) is 30.5 Å². The minimum atomic E-state index is 0.285. The molecule has 0 saturated heterocycles. The fourth-order valence-corrected chi connectivity index (χ4v) is 1.41. The average Bonchev–Trinajstić information content (AvgIpc) is 2.34. The Morgan fingerprint density at radius 1 is 1.22 bits per heavy atom. The zero-order valence-corrected chi connectivity index (χ0v) is 11.4. The van der Waals surface area contributed by atoms with Crippen LogP contribution in [0.3, 0.4) is 0 Å². The van der Waals surface area contributed by atoms with Crippen LogP contribution in [0.2, 0.25) is 0 Å². The summed E-state index contributed by atoms with van der Waals surface area (Å²) in [5.41, 5.74) is 1.08. The van der Waals surface area contributed by atoms with Gasteiger partial charge in [0.25, 0.3) is 0 Å². The van der Waals surface area contributed by atoms with Gasteiger partial charge in [0.2, 0.25) is 0 Å². The molecular formula is C14H23N3O. The van der Waals surface area contributed by atoms with Crippen LogP contribution < -0.4 is 10.6 Å². The fraction of sp³-hybridized carbons (Fsp3) is 0.500. The van der Waals surface area contributed by atoms with Crippen molar-refractivity contribution < 1.29 is 5.11 Å². The maximum absolute atomic E-state index is 9.20. The second kappa shape index (κ2) is 7.58. The molecule has 1 aromatic carbocycles. The highest BCUT2D eigenvalue weighted by molar-refractivity contribution is 5.79. The second-order valence-electron chi connectivity index (χ2n) is 4.64. The number of phenols is 1. The molecule has 100 valence electrons. The van der Waals surface area contributed by atoms with Gasteiger partial charge in [0, 0.05) is 13.1 Å². The minimum Gasteiger partial charge on any atom is -0.508 e. The summed E-state index contributed by atoms with van der Waals surface area (Å²) < 4.78 is 0. The van der Waals surface area contributed by atoms with Crippen molar-refractivity contribution in [3.8, 4) is 5.75 Å². The smallest absolute Gasteiger partial charge is 0.191 e. The molecule has 0 aliphatic rings. The van der Waals surface area contributed by atoms with E-state index in [1.807, 2.05) is 19.1 Å². The number of aliphatic imine (C=N–C) groups is 1. The van der Waals surface area contributed by atoms with Crippen LogP contribution in [-0.2, 0) is 6.54 Å². The molecular weight excluding hydrogens is 226 g/mol. The molecule has 0 aliphatic heterocycles. The Kier molecular flexibility index (Phi) is 6.05. The minimum absolute atomic E-state index is 0.285. The predicted octanol–water partition coefficient (Wildman–Crippen LogP) is 2.10. The van der Waals surface area contributed by atoms with Crippen molar-refractivity contribution in [3.05, 3.63) is 29.8 Å². The van der Waals surface area contributed by atoms with E-state index in [0.29, 0.717) is 12.5 Å². The Labute approximate surface area is 109 Å². The molecule has 3 N–H and O–H groups in total. The Hall–Kier alpha value is -1.71. The van der Waals surface area contributed by atoms with E-state index in [1.165, 1.54) is 0 Å². The maximum atomic E-state index is 9.20. The molecule has 0 atom stereocenters. The summed E-state index contributed by atoms with van der Waals surface area (Å²) in [5.74, 6) is 1.70. The second-order valence-corrected chi connectivity index (χ2v) is 4.64. The number of nitrogens with zero attached hydrogens (tertiary/aromatic N) is 1. The Bertz CT molecular complexity index is 371. The molecule has 18 heavy (non-hydrogen) atoms. The maximum Gasteiger partial charge on any atom is 0.191 e. The van der Waals surface area contributed by atoms with Gasteiger partial charge in [0.15, 0.2) is 5.96 Å². The third-order valence-electron chi connectivity index (χ3n) is 2.38. The Morgan fingerprint density at radius 2 is 1.89 bits per heavy atom. The fourth-order valence-electron chi connectivity index (χ4n) is 1.41. The molecule has 0 spiro atoms. The van der Waals surface area contributed by atoms with Crippen LogP contribution in [0.1, 0.15) is 26.3 Å². The quantitative estimate of drug-likeness (QED) is 0.553. The number of nitrogens with one attached hydrogen (secondary N) is 2. The van der Waals surface area contributed by atoms with E-state index >= 15 is 0 Å². The molecule has 0 radical (unpaired) electrons. The zero-order valence-electron chi connectivity index (χ0n) is 11.4. The molecule has 0 aliphatic carbocycles. The van der Waals surface area contributed by atoms with E-state index in [4.69, 9.17) is 0 Å². The molecule has 1 aromatic rings. The van der Waals surface area contributed by atoms with Gasteiger partial charge in [-0.1, -0.05) is 26.0 Å². The molecule has 0 aromatic heterocycles. The van der Waals surface area contributed by atoms with Crippen molar-refractivity contribution in [2.45, 2.75) is 27.3 Å². The first-order chi connectivity index (χ1) is 8.61. The molecule has 4 nitrogen and oxygen atoms in total. The lowest BCUT2D eigenvalue weighted by Gasteiger charge is -2.12. The zero-order chi connectivity index (χ0) is 13.4. The van der Waals surface area contributed by atoms with Crippen LogP contribution in [0.15, 0.2) is 29.3 Å². The largest absolute Gasteiger partial charge is 0.508 e. The van der Waals surface area contributed by atoms with Crippen molar-refractivity contribution in [3.63, 3.8) is 0 Å². The van der Waals surface area contributed by atoms with E-state index < -0.39 is 0 Å². The summed E-state index contributed by atoms with van der Waals surface area (Å²) >= 11 is 0. The lowest BCUT2D eigenvalue weighted by Crippen LogP contribution is -2.39. The van der Waals surface area contributed by atoms with Gasteiger partial charge in [-0.2, -0.15) is 0 Å². The highest BCUT2D eigenvalue weighted by Gasteiger charge is 1.99. The number of benzene rings is 1. The molecule has 4 heteroatoms. The van der Waals surface area contributed by atoms with Gasteiger partial charge in [0.1, 0.15) is 5.75 Å². The first kappa shape index (κ1) is 14.4. The molecule has 0 fully saturated rings. The predicted molar refractivity (Wildman–Crippen MR) is 75.8 cm³/mol. The van der Waals surface area contributed by atoms with Gasteiger partial charge in [-0.3, -0.25) is 0 Å². The van der Waals surface area contributed by atoms with Gasteiger partial charge in [0.05, 0.1) is 6.54 Å². The Balaban J connectivity index is 2.56. The van der Waals surface area contributed by atoms with Crippen molar-refractivity contribution in [1.82, 2.24) is 10.6 Å². The topological polar surface area (TPSA) is 56.7 Å². The third-order valence-corrected chi connectivity index (χ3v) is 2.38. The first-order valence-electron chi connectivity index (χ1n) is 6.42. The summed E-state index contributed by atoms with van der Waals surface area (Å²) in [6.07, 6.45) is 0. The van der Waals surface area contributed by atoms with E-state index in [-0.39, 0.29) is 5.75 Å². The van der Waals surface area contributed by atoms with E-state index in [1.54, 1.807) is 12.1 Å². The first-order valence-corrected chi connectivity index (χ1v) is 6.42. The normalized spacial score (nSPS) is 11.7. The van der Waals surface area contributed by atoms with Crippen LogP contribution in [0.4, 0.5) is 0 Å². The van der Waals surface area contributed by atoms with Gasteiger partial charge < -0.3 is 15.7 Å². The van der Waals surface area contributed by atoms with E-state index in [0.717, 1.165) is 24.6 Å². The molecule has 0 amide bonds.